The summed E-state index contributed by atoms with van der Waals surface area (Å²) in [5.74, 6) is 0.350. The molecule has 1 aliphatic carbocycles. The summed E-state index contributed by atoms with van der Waals surface area (Å²) < 4.78 is 1.07. The van der Waals surface area contributed by atoms with Crippen LogP contribution in [0.1, 0.15) is 64.5 Å². The van der Waals surface area contributed by atoms with Crippen molar-refractivity contribution in [3.63, 3.8) is 0 Å². The van der Waals surface area contributed by atoms with Crippen molar-refractivity contribution in [3.8, 4) is 0 Å². The predicted octanol–water partition coefficient (Wildman–Crippen LogP) is 5.44. The average Bonchev–Trinajstić information content (AvgIpc) is 2.58. The lowest BCUT2D eigenvalue weighted by atomic mass is 9.65. The van der Waals surface area contributed by atoms with Crippen molar-refractivity contribution >= 4 is 15.9 Å². The van der Waals surface area contributed by atoms with Gasteiger partial charge in [-0.05, 0) is 48.4 Å². The molecular weight excluding hydrogens is 312 g/mol. The van der Waals surface area contributed by atoms with Gasteiger partial charge in [-0.25, -0.2) is 0 Å². The number of rotatable bonds is 5. The van der Waals surface area contributed by atoms with Crippen LogP contribution in [0.25, 0.3) is 0 Å². The van der Waals surface area contributed by atoms with E-state index >= 15 is 0 Å². The summed E-state index contributed by atoms with van der Waals surface area (Å²) in [5.41, 5.74) is 1.69. The lowest BCUT2D eigenvalue weighted by Crippen LogP contribution is -2.45. The number of halogens is 1. The number of hydrogen-bond donors (Lipinski definition) is 1. The van der Waals surface area contributed by atoms with Crippen molar-refractivity contribution in [2.75, 3.05) is 0 Å². The van der Waals surface area contributed by atoms with Crippen LogP contribution in [0, 0.1) is 11.3 Å². The molecule has 1 nitrogen and oxygen atoms in total. The van der Waals surface area contributed by atoms with Gasteiger partial charge in [0.15, 0.2) is 0 Å². The maximum absolute atomic E-state index is 11.7. The van der Waals surface area contributed by atoms with Gasteiger partial charge in [0.2, 0.25) is 0 Å². The van der Waals surface area contributed by atoms with E-state index < -0.39 is 5.60 Å². The fraction of sp³-hybridized carbons (Fsp3) is 0.667. The van der Waals surface area contributed by atoms with Gasteiger partial charge < -0.3 is 5.11 Å². The van der Waals surface area contributed by atoms with Crippen LogP contribution in [0.2, 0.25) is 0 Å². The van der Waals surface area contributed by atoms with Crippen LogP contribution in [-0.4, -0.2) is 5.11 Å². The highest BCUT2D eigenvalue weighted by molar-refractivity contribution is 9.10. The first-order chi connectivity index (χ1) is 9.36. The first kappa shape index (κ1) is 16.0. The van der Waals surface area contributed by atoms with Crippen LogP contribution in [0.3, 0.4) is 0 Å². The number of fused-ring (bicyclic) bond motifs is 1. The molecule has 2 heteroatoms. The van der Waals surface area contributed by atoms with Crippen molar-refractivity contribution in [2.24, 2.45) is 11.3 Å². The highest BCUT2D eigenvalue weighted by Crippen LogP contribution is 2.56. The molecule has 0 fully saturated rings. The zero-order valence-electron chi connectivity index (χ0n) is 13.2. The maximum Gasteiger partial charge on any atom is 0.0981 e. The first-order valence-electron chi connectivity index (χ1n) is 7.88. The predicted molar refractivity (Wildman–Crippen MR) is 88.8 cm³/mol. The summed E-state index contributed by atoms with van der Waals surface area (Å²) in [6.07, 6.45) is 5.42. The Hall–Kier alpha value is -0.340. The Morgan fingerprint density at radius 3 is 2.35 bits per heavy atom. The highest BCUT2D eigenvalue weighted by Gasteiger charge is 2.54. The van der Waals surface area contributed by atoms with E-state index in [2.05, 4.69) is 61.8 Å². The van der Waals surface area contributed by atoms with Crippen molar-refractivity contribution in [1.29, 1.82) is 0 Å². The van der Waals surface area contributed by atoms with E-state index in [9.17, 15) is 5.11 Å². The molecule has 20 heavy (non-hydrogen) atoms. The summed E-state index contributed by atoms with van der Waals surface area (Å²) in [5, 5.41) is 11.7. The van der Waals surface area contributed by atoms with Crippen LogP contribution < -0.4 is 0 Å². The second kappa shape index (κ2) is 5.81. The van der Waals surface area contributed by atoms with Gasteiger partial charge in [-0.3, -0.25) is 0 Å². The van der Waals surface area contributed by atoms with Crippen molar-refractivity contribution < 1.29 is 5.11 Å². The van der Waals surface area contributed by atoms with Crippen molar-refractivity contribution in [3.05, 3.63) is 33.8 Å². The maximum atomic E-state index is 11.7. The summed E-state index contributed by atoms with van der Waals surface area (Å²) in [6, 6.07) is 6.41. The molecule has 0 amide bonds. The van der Waals surface area contributed by atoms with Gasteiger partial charge in [-0.15, -0.1) is 0 Å². The molecule has 0 spiro atoms. The molecule has 1 aromatic carbocycles. The zero-order chi connectivity index (χ0) is 15.0. The fourth-order valence-electron chi connectivity index (χ4n) is 4.06. The van der Waals surface area contributed by atoms with Gasteiger partial charge >= 0.3 is 0 Å². The topological polar surface area (TPSA) is 20.2 Å². The molecule has 0 aromatic heterocycles. The van der Waals surface area contributed by atoms with E-state index in [0.717, 1.165) is 42.1 Å². The Morgan fingerprint density at radius 2 is 1.80 bits per heavy atom. The molecule has 0 radical (unpaired) electrons. The minimum Gasteiger partial charge on any atom is -0.384 e. The Kier molecular flexibility index (Phi) is 4.66. The highest BCUT2D eigenvalue weighted by atomic mass is 79.9. The van der Waals surface area contributed by atoms with E-state index in [4.69, 9.17) is 0 Å². The zero-order valence-corrected chi connectivity index (χ0v) is 14.8. The molecule has 0 saturated heterocycles. The standard InChI is InChI=1S/C18H27BrO/c1-5-7-14(8-6-2)18(20)16-11-15(19)10-9-13(16)12-17(18,3)4/h9-11,14,20H,5-8,12H2,1-4H3. The van der Waals surface area contributed by atoms with Gasteiger partial charge in [-0.1, -0.05) is 62.5 Å². The van der Waals surface area contributed by atoms with Crippen molar-refractivity contribution in [1.82, 2.24) is 0 Å². The summed E-state index contributed by atoms with van der Waals surface area (Å²) >= 11 is 3.57. The van der Waals surface area contributed by atoms with Crippen LogP contribution in [0.15, 0.2) is 22.7 Å². The largest absolute Gasteiger partial charge is 0.384 e. The van der Waals surface area contributed by atoms with Gasteiger partial charge in [0.05, 0.1) is 5.60 Å². The normalized spacial score (nSPS) is 24.1. The monoisotopic (exact) mass is 338 g/mol. The molecule has 0 aliphatic heterocycles. The quantitative estimate of drug-likeness (QED) is 0.758. The van der Waals surface area contributed by atoms with Crippen LogP contribution >= 0.6 is 15.9 Å². The van der Waals surface area contributed by atoms with Crippen molar-refractivity contribution in [2.45, 2.75) is 65.4 Å². The number of hydrogen-bond acceptors (Lipinski definition) is 1. The van der Waals surface area contributed by atoms with Gasteiger partial charge in [0.25, 0.3) is 0 Å². The first-order valence-corrected chi connectivity index (χ1v) is 8.67. The van der Waals surface area contributed by atoms with E-state index in [-0.39, 0.29) is 5.41 Å². The van der Waals surface area contributed by atoms with Gasteiger partial charge in [0, 0.05) is 9.89 Å². The second-order valence-corrected chi connectivity index (χ2v) is 7.82. The molecular formula is C18H27BrO. The minimum atomic E-state index is -0.696. The molecule has 112 valence electrons. The Morgan fingerprint density at radius 1 is 1.20 bits per heavy atom. The summed E-state index contributed by atoms with van der Waals surface area (Å²) in [6.45, 7) is 8.88. The Bertz CT molecular complexity index is 474. The third kappa shape index (κ3) is 2.46. The minimum absolute atomic E-state index is 0.0921. The van der Waals surface area contributed by atoms with Gasteiger partial charge in [0.1, 0.15) is 0 Å². The molecule has 1 atom stereocenters. The second-order valence-electron chi connectivity index (χ2n) is 6.90. The fourth-order valence-corrected chi connectivity index (χ4v) is 4.43. The molecule has 1 unspecified atom stereocenters. The summed E-state index contributed by atoms with van der Waals surface area (Å²) in [7, 11) is 0. The van der Waals surface area contributed by atoms with Gasteiger partial charge in [-0.2, -0.15) is 0 Å². The molecule has 0 saturated carbocycles. The lowest BCUT2D eigenvalue weighted by molar-refractivity contribution is -0.113. The van der Waals surface area contributed by atoms with Crippen LogP contribution in [-0.2, 0) is 12.0 Å². The molecule has 1 N–H and O–H groups in total. The average molecular weight is 339 g/mol. The molecule has 0 bridgehead atoms. The van der Waals surface area contributed by atoms with E-state index in [1.54, 1.807) is 0 Å². The van der Waals surface area contributed by atoms with Crippen LogP contribution in [0.4, 0.5) is 0 Å². The third-order valence-electron chi connectivity index (χ3n) is 5.01. The molecule has 1 aliphatic rings. The Balaban J connectivity index is 2.53. The number of benzene rings is 1. The van der Waals surface area contributed by atoms with E-state index in [0.29, 0.717) is 5.92 Å². The van der Waals surface area contributed by atoms with E-state index in [1.807, 2.05) is 0 Å². The molecule has 2 rings (SSSR count). The SMILES string of the molecule is CCCC(CCC)C1(O)c2cc(Br)ccc2CC1(C)C. The molecule has 1 aromatic rings. The third-order valence-corrected chi connectivity index (χ3v) is 5.51. The summed E-state index contributed by atoms with van der Waals surface area (Å²) in [4.78, 5) is 0. The molecule has 0 heterocycles. The smallest absolute Gasteiger partial charge is 0.0981 e. The van der Waals surface area contributed by atoms with Crippen LogP contribution in [0.5, 0.6) is 0 Å². The number of aliphatic hydroxyl groups is 1. The lowest BCUT2D eigenvalue weighted by Gasteiger charge is -2.44. The van der Waals surface area contributed by atoms with E-state index in [1.165, 1.54) is 5.56 Å². The Labute approximate surface area is 131 Å².